The molecule has 0 radical (unpaired) electrons. The second-order valence-electron chi connectivity index (χ2n) is 3.59. The van der Waals surface area contributed by atoms with Gasteiger partial charge in [0.2, 0.25) is 0 Å². The highest BCUT2D eigenvalue weighted by molar-refractivity contribution is 6.30. The fourth-order valence-corrected chi connectivity index (χ4v) is 1.58. The number of hydrogen-bond donors (Lipinski definition) is 1. The first-order valence-corrected chi connectivity index (χ1v) is 5.53. The molecule has 1 aromatic carbocycles. The van der Waals surface area contributed by atoms with Gasteiger partial charge < -0.3 is 5.32 Å². The molecular weight excluding hydrogens is 236 g/mol. The SMILES string of the molecule is CC(=O)c1cccnc1Nc1ccc(Cl)cc1. The van der Waals surface area contributed by atoms with Gasteiger partial charge >= 0.3 is 0 Å². The van der Waals surface area contributed by atoms with Gasteiger partial charge in [-0.1, -0.05) is 11.6 Å². The van der Waals surface area contributed by atoms with E-state index < -0.39 is 0 Å². The minimum absolute atomic E-state index is 0.0189. The molecule has 3 nitrogen and oxygen atoms in total. The molecule has 0 atom stereocenters. The Kier molecular flexibility index (Phi) is 3.40. The summed E-state index contributed by atoms with van der Waals surface area (Å²) in [4.78, 5) is 15.6. The summed E-state index contributed by atoms with van der Waals surface area (Å²) >= 11 is 5.80. The van der Waals surface area contributed by atoms with Crippen LogP contribution in [0.1, 0.15) is 17.3 Å². The molecule has 86 valence electrons. The van der Waals surface area contributed by atoms with Gasteiger partial charge in [0.1, 0.15) is 5.82 Å². The van der Waals surface area contributed by atoms with Crippen LogP contribution in [0, 0.1) is 0 Å². The molecule has 0 amide bonds. The van der Waals surface area contributed by atoms with Gasteiger partial charge in [0.25, 0.3) is 0 Å². The average Bonchev–Trinajstić information content (AvgIpc) is 2.32. The van der Waals surface area contributed by atoms with Gasteiger partial charge in [-0.05, 0) is 43.3 Å². The minimum Gasteiger partial charge on any atom is -0.340 e. The number of hydrogen-bond acceptors (Lipinski definition) is 3. The van der Waals surface area contributed by atoms with Crippen LogP contribution in [0.4, 0.5) is 11.5 Å². The van der Waals surface area contributed by atoms with Gasteiger partial charge in [-0.2, -0.15) is 0 Å². The first-order valence-electron chi connectivity index (χ1n) is 5.15. The van der Waals surface area contributed by atoms with Gasteiger partial charge in [0.15, 0.2) is 5.78 Å². The third kappa shape index (κ3) is 2.82. The van der Waals surface area contributed by atoms with E-state index in [0.29, 0.717) is 16.4 Å². The lowest BCUT2D eigenvalue weighted by Crippen LogP contribution is -2.02. The molecule has 1 N–H and O–H groups in total. The van der Waals surface area contributed by atoms with Crippen molar-refractivity contribution in [3.63, 3.8) is 0 Å². The number of aromatic nitrogens is 1. The highest BCUT2D eigenvalue weighted by Crippen LogP contribution is 2.20. The second-order valence-corrected chi connectivity index (χ2v) is 4.02. The number of carbonyl (C=O) groups is 1. The summed E-state index contributed by atoms with van der Waals surface area (Å²) in [6, 6.07) is 10.7. The van der Waals surface area contributed by atoms with Gasteiger partial charge in [-0.15, -0.1) is 0 Å². The minimum atomic E-state index is -0.0189. The van der Waals surface area contributed by atoms with Crippen molar-refractivity contribution in [3.05, 3.63) is 53.2 Å². The molecule has 0 aliphatic carbocycles. The fourth-order valence-electron chi connectivity index (χ4n) is 1.46. The van der Waals surface area contributed by atoms with Crippen LogP contribution in [-0.2, 0) is 0 Å². The third-order valence-corrected chi connectivity index (χ3v) is 2.55. The lowest BCUT2D eigenvalue weighted by atomic mass is 10.2. The van der Waals surface area contributed by atoms with Crippen molar-refractivity contribution < 1.29 is 4.79 Å². The van der Waals surface area contributed by atoms with E-state index in [0.717, 1.165) is 5.69 Å². The number of rotatable bonds is 3. The number of pyridine rings is 1. The van der Waals surface area contributed by atoms with E-state index in [4.69, 9.17) is 11.6 Å². The molecule has 0 aliphatic rings. The normalized spacial score (nSPS) is 10.0. The molecule has 17 heavy (non-hydrogen) atoms. The summed E-state index contributed by atoms with van der Waals surface area (Å²) in [6.07, 6.45) is 1.64. The first-order chi connectivity index (χ1) is 8.16. The Morgan fingerprint density at radius 2 is 1.94 bits per heavy atom. The quantitative estimate of drug-likeness (QED) is 0.840. The Morgan fingerprint density at radius 3 is 2.59 bits per heavy atom. The summed E-state index contributed by atoms with van der Waals surface area (Å²) < 4.78 is 0. The summed E-state index contributed by atoms with van der Waals surface area (Å²) in [5.41, 5.74) is 1.41. The van der Waals surface area contributed by atoms with E-state index in [9.17, 15) is 4.79 Å². The van der Waals surface area contributed by atoms with Crippen LogP contribution in [0.2, 0.25) is 5.02 Å². The maximum Gasteiger partial charge on any atom is 0.163 e. The predicted molar refractivity (Wildman–Crippen MR) is 69.0 cm³/mol. The van der Waals surface area contributed by atoms with Gasteiger partial charge in [-0.25, -0.2) is 4.98 Å². The molecule has 0 spiro atoms. The van der Waals surface area contributed by atoms with Crippen molar-refractivity contribution in [3.8, 4) is 0 Å². The number of nitrogens with one attached hydrogen (secondary N) is 1. The van der Waals surface area contributed by atoms with Crippen molar-refractivity contribution in [2.75, 3.05) is 5.32 Å². The summed E-state index contributed by atoms with van der Waals surface area (Å²) in [5.74, 6) is 0.539. The molecule has 0 saturated carbocycles. The van der Waals surface area contributed by atoms with Gasteiger partial charge in [0, 0.05) is 16.9 Å². The zero-order valence-electron chi connectivity index (χ0n) is 9.27. The van der Waals surface area contributed by atoms with E-state index in [1.807, 2.05) is 12.1 Å². The van der Waals surface area contributed by atoms with Gasteiger partial charge in [0.05, 0.1) is 5.56 Å². The standard InChI is InChI=1S/C13H11ClN2O/c1-9(17)12-3-2-8-15-13(12)16-11-6-4-10(14)5-7-11/h2-8H,1H3,(H,15,16). The van der Waals surface area contributed by atoms with Crippen LogP contribution in [0.3, 0.4) is 0 Å². The predicted octanol–water partition coefficient (Wildman–Crippen LogP) is 3.68. The van der Waals surface area contributed by atoms with Gasteiger partial charge in [-0.3, -0.25) is 4.79 Å². The number of anilines is 2. The number of benzene rings is 1. The Morgan fingerprint density at radius 1 is 1.24 bits per heavy atom. The summed E-state index contributed by atoms with van der Waals surface area (Å²) in [7, 11) is 0. The molecule has 0 fully saturated rings. The second kappa shape index (κ2) is 4.97. The molecule has 4 heteroatoms. The maximum absolute atomic E-state index is 11.4. The molecular formula is C13H11ClN2O. The van der Waals surface area contributed by atoms with Crippen molar-refractivity contribution in [2.24, 2.45) is 0 Å². The fraction of sp³-hybridized carbons (Fsp3) is 0.0769. The maximum atomic E-state index is 11.4. The molecule has 1 aromatic heterocycles. The van der Waals surface area contributed by atoms with Crippen LogP contribution in [-0.4, -0.2) is 10.8 Å². The molecule has 0 saturated heterocycles. The number of carbonyl (C=O) groups excluding carboxylic acids is 1. The average molecular weight is 247 g/mol. The van der Waals surface area contributed by atoms with Crippen LogP contribution in [0.5, 0.6) is 0 Å². The van der Waals surface area contributed by atoms with E-state index in [2.05, 4.69) is 10.3 Å². The number of nitrogens with zero attached hydrogens (tertiary/aromatic N) is 1. The Labute approximate surface area is 104 Å². The van der Waals surface area contributed by atoms with Crippen molar-refractivity contribution >= 4 is 28.9 Å². The largest absolute Gasteiger partial charge is 0.340 e. The number of halogens is 1. The smallest absolute Gasteiger partial charge is 0.163 e. The molecule has 0 unspecified atom stereocenters. The third-order valence-electron chi connectivity index (χ3n) is 2.29. The van der Waals surface area contributed by atoms with E-state index in [1.165, 1.54) is 6.92 Å². The monoisotopic (exact) mass is 246 g/mol. The summed E-state index contributed by atoms with van der Waals surface area (Å²) in [6.45, 7) is 1.52. The van der Waals surface area contributed by atoms with Crippen LogP contribution >= 0.6 is 11.6 Å². The Balaban J connectivity index is 2.30. The van der Waals surface area contributed by atoms with E-state index >= 15 is 0 Å². The first kappa shape index (κ1) is 11.6. The molecule has 0 aliphatic heterocycles. The summed E-state index contributed by atoms with van der Waals surface area (Å²) in [5, 5.41) is 3.76. The Hall–Kier alpha value is -1.87. The molecule has 1 heterocycles. The highest BCUT2D eigenvalue weighted by Gasteiger charge is 2.07. The Bertz CT molecular complexity index is 537. The lowest BCUT2D eigenvalue weighted by Gasteiger charge is -2.08. The lowest BCUT2D eigenvalue weighted by molar-refractivity contribution is 0.101. The number of ketones is 1. The van der Waals surface area contributed by atoms with E-state index in [1.54, 1.807) is 30.5 Å². The van der Waals surface area contributed by atoms with Crippen LogP contribution in [0.25, 0.3) is 0 Å². The molecule has 2 aromatic rings. The molecule has 0 bridgehead atoms. The zero-order valence-corrected chi connectivity index (χ0v) is 10.0. The van der Waals surface area contributed by atoms with Crippen molar-refractivity contribution in [1.82, 2.24) is 4.98 Å². The van der Waals surface area contributed by atoms with E-state index in [-0.39, 0.29) is 5.78 Å². The molecule has 2 rings (SSSR count). The number of Topliss-reactive ketones (excluding diaryl/α,β-unsaturated/α-hetero) is 1. The zero-order chi connectivity index (χ0) is 12.3. The van der Waals surface area contributed by atoms with Crippen molar-refractivity contribution in [2.45, 2.75) is 6.92 Å². The van der Waals surface area contributed by atoms with Crippen LogP contribution in [0.15, 0.2) is 42.6 Å². The van der Waals surface area contributed by atoms with Crippen molar-refractivity contribution in [1.29, 1.82) is 0 Å². The topological polar surface area (TPSA) is 42.0 Å². The highest BCUT2D eigenvalue weighted by atomic mass is 35.5. The van der Waals surface area contributed by atoms with Crippen LogP contribution < -0.4 is 5.32 Å².